The highest BCUT2D eigenvalue weighted by molar-refractivity contribution is 5.91. The topological polar surface area (TPSA) is 92.9 Å². The quantitative estimate of drug-likeness (QED) is 0.751. The van der Waals surface area contributed by atoms with Crippen LogP contribution in [0.15, 0.2) is 36.4 Å². The van der Waals surface area contributed by atoms with Gasteiger partial charge in [0, 0.05) is 20.1 Å². The van der Waals surface area contributed by atoms with E-state index in [1.165, 1.54) is 0 Å². The summed E-state index contributed by atoms with van der Waals surface area (Å²) in [6.07, 6.45) is 0. The van der Waals surface area contributed by atoms with Crippen LogP contribution in [0.5, 0.6) is 0 Å². The fourth-order valence-electron chi connectivity index (χ4n) is 1.79. The smallest absolute Gasteiger partial charge is 0.271 e. The number of anilines is 1. The summed E-state index contributed by atoms with van der Waals surface area (Å²) in [6, 6.07) is 11.3. The molecule has 6 nitrogen and oxygen atoms in total. The Labute approximate surface area is 117 Å². The van der Waals surface area contributed by atoms with Crippen molar-refractivity contribution >= 4 is 11.7 Å². The van der Waals surface area contributed by atoms with Crippen molar-refractivity contribution in [3.8, 4) is 0 Å². The fourth-order valence-corrected chi connectivity index (χ4v) is 1.79. The molecule has 1 heterocycles. The molecule has 104 valence electrons. The minimum atomic E-state index is -0.252. The first-order valence-corrected chi connectivity index (χ1v) is 6.31. The van der Waals surface area contributed by atoms with Crippen LogP contribution in [-0.4, -0.2) is 23.2 Å². The summed E-state index contributed by atoms with van der Waals surface area (Å²) in [5.74, 6) is 0.363. The van der Waals surface area contributed by atoms with E-state index >= 15 is 0 Å². The Hall–Kier alpha value is -2.47. The first-order valence-electron chi connectivity index (χ1n) is 6.31. The van der Waals surface area contributed by atoms with Crippen molar-refractivity contribution in [3.05, 3.63) is 53.2 Å². The van der Waals surface area contributed by atoms with Crippen molar-refractivity contribution < 1.29 is 4.79 Å². The van der Waals surface area contributed by atoms with E-state index in [1.807, 2.05) is 24.3 Å². The zero-order valence-corrected chi connectivity index (χ0v) is 11.3. The van der Waals surface area contributed by atoms with E-state index in [2.05, 4.69) is 20.8 Å². The molecular formula is C14H17N5O. The van der Waals surface area contributed by atoms with Gasteiger partial charge in [0.2, 0.25) is 0 Å². The Morgan fingerprint density at radius 2 is 1.90 bits per heavy atom. The van der Waals surface area contributed by atoms with Gasteiger partial charge in [0.25, 0.3) is 5.91 Å². The molecule has 0 aliphatic carbocycles. The monoisotopic (exact) mass is 271 g/mol. The molecule has 20 heavy (non-hydrogen) atoms. The third kappa shape index (κ3) is 3.30. The Morgan fingerprint density at radius 3 is 2.50 bits per heavy atom. The number of nitrogens with one attached hydrogen (secondary N) is 2. The maximum absolute atomic E-state index is 11.3. The van der Waals surface area contributed by atoms with E-state index in [1.54, 1.807) is 19.2 Å². The molecule has 1 aromatic carbocycles. The van der Waals surface area contributed by atoms with Crippen LogP contribution in [0.4, 0.5) is 5.82 Å². The average Bonchev–Trinajstić information content (AvgIpc) is 2.53. The fraction of sp³-hybridized carbons (Fsp3) is 0.214. The predicted octanol–water partition coefficient (Wildman–Crippen LogP) is 0.907. The van der Waals surface area contributed by atoms with Crippen LogP contribution in [0, 0.1) is 0 Å². The zero-order chi connectivity index (χ0) is 14.4. The number of nitrogens with zero attached hydrogens (tertiary/aromatic N) is 2. The molecule has 0 fully saturated rings. The van der Waals surface area contributed by atoms with Crippen LogP contribution >= 0.6 is 0 Å². The van der Waals surface area contributed by atoms with Crippen molar-refractivity contribution in [1.29, 1.82) is 0 Å². The predicted molar refractivity (Wildman–Crippen MR) is 77.1 cm³/mol. The number of carbonyl (C=O) groups is 1. The van der Waals surface area contributed by atoms with Gasteiger partial charge in [0.15, 0.2) is 5.69 Å². The minimum Gasteiger partial charge on any atom is -0.364 e. The summed E-state index contributed by atoms with van der Waals surface area (Å²) >= 11 is 0. The van der Waals surface area contributed by atoms with Gasteiger partial charge in [-0.2, -0.15) is 0 Å². The lowest BCUT2D eigenvalue weighted by Gasteiger charge is -2.09. The van der Waals surface area contributed by atoms with E-state index in [0.717, 1.165) is 11.1 Å². The number of carbonyl (C=O) groups excluding carboxylic acids is 1. The highest BCUT2D eigenvalue weighted by atomic mass is 16.1. The van der Waals surface area contributed by atoms with Crippen LogP contribution in [0.3, 0.4) is 0 Å². The van der Waals surface area contributed by atoms with E-state index in [-0.39, 0.29) is 5.91 Å². The molecule has 0 aliphatic heterocycles. The summed E-state index contributed by atoms with van der Waals surface area (Å²) < 4.78 is 0. The van der Waals surface area contributed by atoms with Crippen LogP contribution in [-0.2, 0) is 13.1 Å². The van der Waals surface area contributed by atoms with Crippen molar-refractivity contribution in [3.63, 3.8) is 0 Å². The number of aromatic nitrogens is 2. The van der Waals surface area contributed by atoms with Crippen molar-refractivity contribution in [2.45, 2.75) is 13.1 Å². The molecule has 6 heteroatoms. The maximum Gasteiger partial charge on any atom is 0.271 e. The second kappa shape index (κ2) is 6.63. The van der Waals surface area contributed by atoms with Gasteiger partial charge in [0.1, 0.15) is 5.82 Å². The summed E-state index contributed by atoms with van der Waals surface area (Å²) in [5, 5.41) is 13.5. The first-order chi connectivity index (χ1) is 9.74. The SMILES string of the molecule is CNC(=O)c1ccc(NCc2ccccc2CN)nn1. The molecular weight excluding hydrogens is 254 g/mol. The maximum atomic E-state index is 11.3. The van der Waals surface area contributed by atoms with Gasteiger partial charge in [-0.1, -0.05) is 24.3 Å². The van der Waals surface area contributed by atoms with Crippen LogP contribution in [0.1, 0.15) is 21.6 Å². The number of hydrogen-bond donors (Lipinski definition) is 3. The molecule has 2 aromatic rings. The zero-order valence-electron chi connectivity index (χ0n) is 11.3. The molecule has 0 saturated carbocycles. The molecule has 0 atom stereocenters. The van der Waals surface area contributed by atoms with Gasteiger partial charge in [-0.05, 0) is 23.3 Å². The van der Waals surface area contributed by atoms with E-state index in [9.17, 15) is 4.79 Å². The number of nitrogens with two attached hydrogens (primary N) is 1. The lowest BCUT2D eigenvalue weighted by Crippen LogP contribution is -2.19. The summed E-state index contributed by atoms with van der Waals surface area (Å²) in [6.45, 7) is 1.11. The van der Waals surface area contributed by atoms with E-state index in [4.69, 9.17) is 5.73 Å². The summed E-state index contributed by atoms with van der Waals surface area (Å²) in [7, 11) is 1.56. The highest BCUT2D eigenvalue weighted by Crippen LogP contribution is 2.10. The largest absolute Gasteiger partial charge is 0.364 e. The number of hydrogen-bond acceptors (Lipinski definition) is 5. The van der Waals surface area contributed by atoms with Crippen LogP contribution in [0.25, 0.3) is 0 Å². The number of benzene rings is 1. The normalized spacial score (nSPS) is 10.1. The summed E-state index contributed by atoms with van der Waals surface area (Å²) in [4.78, 5) is 11.3. The molecule has 1 aromatic heterocycles. The Kier molecular flexibility index (Phi) is 4.62. The van der Waals surface area contributed by atoms with Crippen molar-refractivity contribution in [2.24, 2.45) is 5.73 Å². The average molecular weight is 271 g/mol. The Morgan fingerprint density at radius 1 is 1.15 bits per heavy atom. The lowest BCUT2D eigenvalue weighted by atomic mass is 10.1. The van der Waals surface area contributed by atoms with Gasteiger partial charge < -0.3 is 16.4 Å². The van der Waals surface area contributed by atoms with Gasteiger partial charge in [0.05, 0.1) is 0 Å². The van der Waals surface area contributed by atoms with Gasteiger partial charge in [-0.25, -0.2) is 0 Å². The molecule has 4 N–H and O–H groups in total. The van der Waals surface area contributed by atoms with Gasteiger partial charge in [-0.3, -0.25) is 4.79 Å². The molecule has 0 unspecified atom stereocenters. The second-order valence-electron chi connectivity index (χ2n) is 4.21. The molecule has 0 radical (unpaired) electrons. The molecule has 0 aliphatic rings. The Balaban J connectivity index is 2.02. The first kappa shape index (κ1) is 14.0. The standard InChI is InChI=1S/C14H17N5O/c1-16-14(20)12-6-7-13(19-18-12)17-9-11-5-3-2-4-10(11)8-15/h2-7H,8-9,15H2,1H3,(H,16,20)(H,17,19). The number of rotatable bonds is 5. The van der Waals surface area contributed by atoms with Crippen molar-refractivity contribution in [1.82, 2.24) is 15.5 Å². The second-order valence-corrected chi connectivity index (χ2v) is 4.21. The molecule has 2 rings (SSSR count). The summed E-state index contributed by atoms with van der Waals surface area (Å²) in [5.41, 5.74) is 8.19. The highest BCUT2D eigenvalue weighted by Gasteiger charge is 2.05. The molecule has 0 bridgehead atoms. The molecule has 0 saturated heterocycles. The van der Waals surface area contributed by atoms with E-state index in [0.29, 0.717) is 24.6 Å². The third-order valence-electron chi connectivity index (χ3n) is 2.92. The van der Waals surface area contributed by atoms with Crippen LogP contribution < -0.4 is 16.4 Å². The van der Waals surface area contributed by atoms with Crippen molar-refractivity contribution in [2.75, 3.05) is 12.4 Å². The van der Waals surface area contributed by atoms with Gasteiger partial charge in [-0.15, -0.1) is 10.2 Å². The van der Waals surface area contributed by atoms with Gasteiger partial charge >= 0.3 is 0 Å². The lowest BCUT2D eigenvalue weighted by molar-refractivity contribution is 0.0957. The van der Waals surface area contributed by atoms with E-state index < -0.39 is 0 Å². The molecule has 1 amide bonds. The third-order valence-corrected chi connectivity index (χ3v) is 2.92. The minimum absolute atomic E-state index is 0.252. The molecule has 0 spiro atoms. The van der Waals surface area contributed by atoms with Crippen LogP contribution in [0.2, 0.25) is 0 Å². The Bertz CT molecular complexity index is 582. The number of amides is 1.